The summed E-state index contributed by atoms with van der Waals surface area (Å²) in [5.41, 5.74) is 0.710. The fraction of sp³-hybridized carbons (Fsp3) is 0.375. The maximum Gasteiger partial charge on any atom is 0.0945 e. The minimum Gasteiger partial charge on any atom is -0.501 e. The molecule has 2 heteroatoms. The molecular weight excluding hydrogens is 126 g/mol. The molecule has 0 aromatic rings. The van der Waals surface area contributed by atoms with E-state index in [0.29, 0.717) is 5.70 Å². The predicted molar refractivity (Wildman–Crippen MR) is 44.1 cm³/mol. The van der Waals surface area contributed by atoms with E-state index in [1.807, 2.05) is 13.8 Å². The summed E-state index contributed by atoms with van der Waals surface area (Å²) < 4.78 is 4.89. The van der Waals surface area contributed by atoms with Gasteiger partial charge in [0.15, 0.2) is 0 Å². The average Bonchev–Trinajstić information content (AvgIpc) is 1.88. The Bertz CT molecular complexity index is 168. The van der Waals surface area contributed by atoms with Gasteiger partial charge in [0.25, 0.3) is 0 Å². The summed E-state index contributed by atoms with van der Waals surface area (Å²) >= 11 is 0. The normalized spacial score (nSPS) is 12.1. The zero-order valence-corrected chi connectivity index (χ0v) is 6.72. The molecule has 2 nitrogen and oxygen atoms in total. The first-order valence-electron chi connectivity index (χ1n) is 3.10. The highest BCUT2D eigenvalue weighted by atomic mass is 16.5. The predicted octanol–water partition coefficient (Wildman–Crippen LogP) is 2.14. The van der Waals surface area contributed by atoms with Crippen molar-refractivity contribution in [2.24, 2.45) is 4.99 Å². The number of rotatable bonds is 3. The molecule has 0 radical (unpaired) electrons. The van der Waals surface area contributed by atoms with Crippen LogP contribution in [0.4, 0.5) is 0 Å². The second-order valence-corrected chi connectivity index (χ2v) is 1.84. The van der Waals surface area contributed by atoms with Crippen molar-refractivity contribution < 1.29 is 4.74 Å². The molecule has 0 saturated heterocycles. The van der Waals surface area contributed by atoms with E-state index < -0.39 is 0 Å². The van der Waals surface area contributed by atoms with Crippen LogP contribution in [0.5, 0.6) is 0 Å². The van der Waals surface area contributed by atoms with E-state index in [0.717, 1.165) is 5.76 Å². The van der Waals surface area contributed by atoms with Crippen molar-refractivity contribution in [1.29, 1.82) is 0 Å². The Morgan fingerprint density at radius 3 is 2.60 bits per heavy atom. The molecule has 10 heavy (non-hydrogen) atoms. The van der Waals surface area contributed by atoms with Crippen LogP contribution < -0.4 is 0 Å². The number of hydrogen-bond donors (Lipinski definition) is 0. The molecule has 0 aliphatic carbocycles. The Kier molecular flexibility index (Phi) is 4.29. The topological polar surface area (TPSA) is 21.6 Å². The molecule has 0 aliphatic rings. The van der Waals surface area contributed by atoms with Gasteiger partial charge in [0.05, 0.1) is 18.6 Å². The van der Waals surface area contributed by atoms with Crippen LogP contribution in [0.25, 0.3) is 0 Å². The van der Waals surface area contributed by atoms with Crippen LogP contribution in [0.3, 0.4) is 0 Å². The molecule has 0 heterocycles. The second-order valence-electron chi connectivity index (χ2n) is 1.84. The van der Waals surface area contributed by atoms with Crippen LogP contribution in [-0.2, 0) is 4.74 Å². The van der Waals surface area contributed by atoms with Crippen molar-refractivity contribution in [3.63, 3.8) is 0 Å². The molecule has 0 aliphatic heterocycles. The van der Waals surface area contributed by atoms with Crippen LogP contribution in [0.2, 0.25) is 0 Å². The lowest BCUT2D eigenvalue weighted by Gasteiger charge is -1.96. The van der Waals surface area contributed by atoms with E-state index in [1.165, 1.54) is 0 Å². The Morgan fingerprint density at radius 1 is 1.60 bits per heavy atom. The summed E-state index contributed by atoms with van der Waals surface area (Å²) in [6, 6.07) is 0. The van der Waals surface area contributed by atoms with E-state index in [2.05, 4.69) is 11.6 Å². The summed E-state index contributed by atoms with van der Waals surface area (Å²) in [5.74, 6) is 0.815. The van der Waals surface area contributed by atoms with Crippen molar-refractivity contribution in [3.8, 4) is 0 Å². The molecule has 0 saturated carbocycles. The number of methoxy groups -OCH3 is 1. The number of hydrogen-bond acceptors (Lipinski definition) is 2. The van der Waals surface area contributed by atoms with E-state index in [-0.39, 0.29) is 0 Å². The number of aliphatic imine (C=N–C) groups is 1. The van der Waals surface area contributed by atoms with Crippen molar-refractivity contribution in [1.82, 2.24) is 0 Å². The lowest BCUT2D eigenvalue weighted by molar-refractivity contribution is 0.293. The zero-order valence-electron chi connectivity index (χ0n) is 6.72. The molecule has 0 aromatic carbocycles. The van der Waals surface area contributed by atoms with Gasteiger partial charge in [-0.3, -0.25) is 4.99 Å². The minimum absolute atomic E-state index is 0.710. The summed E-state index contributed by atoms with van der Waals surface area (Å²) in [4.78, 5) is 3.94. The monoisotopic (exact) mass is 139 g/mol. The van der Waals surface area contributed by atoms with Crippen molar-refractivity contribution in [3.05, 3.63) is 24.1 Å². The third kappa shape index (κ3) is 3.89. The van der Waals surface area contributed by atoms with Gasteiger partial charge in [-0.25, -0.2) is 0 Å². The number of allylic oxidation sites excluding steroid dienone is 2. The molecule has 0 aromatic heterocycles. The van der Waals surface area contributed by atoms with Crippen LogP contribution in [-0.4, -0.2) is 13.3 Å². The molecule has 0 fully saturated rings. The van der Waals surface area contributed by atoms with E-state index in [4.69, 9.17) is 4.74 Å². The van der Waals surface area contributed by atoms with Crippen LogP contribution >= 0.6 is 0 Å². The first kappa shape index (κ1) is 8.95. The molecule has 56 valence electrons. The lowest BCUT2D eigenvalue weighted by Crippen LogP contribution is -1.79. The van der Waals surface area contributed by atoms with Gasteiger partial charge in [0.2, 0.25) is 0 Å². The van der Waals surface area contributed by atoms with Gasteiger partial charge in [-0.05, 0) is 13.8 Å². The molecule has 0 bridgehead atoms. The van der Waals surface area contributed by atoms with Gasteiger partial charge in [-0.1, -0.05) is 6.58 Å². The van der Waals surface area contributed by atoms with Crippen LogP contribution in [0.15, 0.2) is 29.1 Å². The Hall–Kier alpha value is -1.05. The van der Waals surface area contributed by atoms with Gasteiger partial charge in [-0.2, -0.15) is 0 Å². The van der Waals surface area contributed by atoms with E-state index in [9.17, 15) is 0 Å². The van der Waals surface area contributed by atoms with Gasteiger partial charge in [-0.15, -0.1) is 0 Å². The molecule has 0 spiro atoms. The fourth-order valence-corrected chi connectivity index (χ4v) is 0.497. The third-order valence-electron chi connectivity index (χ3n) is 0.987. The van der Waals surface area contributed by atoms with Gasteiger partial charge in [0, 0.05) is 12.3 Å². The molecule has 0 rings (SSSR count). The van der Waals surface area contributed by atoms with Crippen molar-refractivity contribution >= 4 is 6.21 Å². The minimum atomic E-state index is 0.710. The van der Waals surface area contributed by atoms with E-state index in [1.54, 1.807) is 19.4 Å². The molecule has 0 atom stereocenters. The maximum atomic E-state index is 4.89. The summed E-state index contributed by atoms with van der Waals surface area (Å²) in [7, 11) is 1.62. The summed E-state index contributed by atoms with van der Waals surface area (Å²) in [6.45, 7) is 7.38. The van der Waals surface area contributed by atoms with Crippen LogP contribution in [0.1, 0.15) is 13.8 Å². The molecule has 0 N–H and O–H groups in total. The first-order chi connectivity index (χ1) is 4.70. The molecule has 0 unspecified atom stereocenters. The molecular formula is C8H13NO. The number of nitrogens with zero attached hydrogens (tertiary/aromatic N) is 1. The lowest BCUT2D eigenvalue weighted by atomic mass is 10.4. The Balaban J connectivity index is 4.00. The fourth-order valence-electron chi connectivity index (χ4n) is 0.497. The Morgan fingerprint density at radius 2 is 2.20 bits per heavy atom. The molecule has 0 amide bonds. The Labute approximate surface area is 61.9 Å². The quantitative estimate of drug-likeness (QED) is 0.333. The van der Waals surface area contributed by atoms with E-state index >= 15 is 0 Å². The summed E-state index contributed by atoms with van der Waals surface area (Å²) in [6.07, 6.45) is 3.47. The average molecular weight is 139 g/mol. The highest BCUT2D eigenvalue weighted by Crippen LogP contribution is 2.00. The maximum absolute atomic E-state index is 4.89. The van der Waals surface area contributed by atoms with Crippen LogP contribution in [0, 0.1) is 0 Å². The SMILES string of the molecule is C=C(/C=C(\C)OC)N=CC. The van der Waals surface area contributed by atoms with Gasteiger partial charge < -0.3 is 4.74 Å². The van der Waals surface area contributed by atoms with Crippen molar-refractivity contribution in [2.45, 2.75) is 13.8 Å². The largest absolute Gasteiger partial charge is 0.501 e. The third-order valence-corrected chi connectivity index (χ3v) is 0.987. The smallest absolute Gasteiger partial charge is 0.0945 e. The van der Waals surface area contributed by atoms with Gasteiger partial charge in [0.1, 0.15) is 0 Å². The highest BCUT2D eigenvalue weighted by molar-refractivity contribution is 5.55. The summed E-state index contributed by atoms with van der Waals surface area (Å²) in [5, 5.41) is 0. The standard InChI is InChI=1S/C8H13NO/c1-5-9-7(2)6-8(3)10-4/h5-6H,2H2,1,3-4H3/b8-6+,9-5?. The van der Waals surface area contributed by atoms with Gasteiger partial charge >= 0.3 is 0 Å². The van der Waals surface area contributed by atoms with Crippen molar-refractivity contribution in [2.75, 3.05) is 7.11 Å². The first-order valence-corrected chi connectivity index (χ1v) is 3.10. The highest BCUT2D eigenvalue weighted by Gasteiger charge is 1.85. The number of ether oxygens (including phenoxy) is 1. The second kappa shape index (κ2) is 4.79. The zero-order chi connectivity index (χ0) is 7.98.